The fourth-order valence-electron chi connectivity index (χ4n) is 0. The third-order valence-electron chi connectivity index (χ3n) is 0. The Kier molecular flexibility index (Phi) is 95.0. The summed E-state index contributed by atoms with van der Waals surface area (Å²) in [6.07, 6.45) is 0. The van der Waals surface area contributed by atoms with Crippen LogP contribution in [0.3, 0.4) is 0 Å². The Bertz CT molecular complexity index is 8.00. The monoisotopic (exact) mass is 136 g/mol. The zero-order chi connectivity index (χ0) is 2.00. The second kappa shape index (κ2) is 22.1. The maximum absolute atomic E-state index is 8.38. The van der Waals surface area contributed by atoms with Crippen LogP contribution in [0.15, 0.2) is 0 Å². The van der Waals surface area contributed by atoms with Gasteiger partial charge in [-0.2, -0.15) is 0 Å². The predicted molar refractivity (Wildman–Crippen MR) is 19.2 cm³/mol. The molecule has 4 heavy (non-hydrogen) atoms. The van der Waals surface area contributed by atoms with Crippen LogP contribution in [0, 0.1) is 0 Å². The van der Waals surface area contributed by atoms with Gasteiger partial charge in [0, 0.05) is 0 Å². The molecular formula is H5AlMgOZn. The normalized spacial score (nSPS) is 1.50. The molecule has 0 amide bonds. The Morgan fingerprint density at radius 1 is 1.25 bits per heavy atom. The van der Waals surface area contributed by atoms with Crippen molar-refractivity contribution < 1.29 is 21.8 Å². The molecule has 0 saturated heterocycles. The number of hydrogen-bond acceptors (Lipinski definition) is 1. The van der Waals surface area contributed by atoms with Crippen LogP contribution in [-0.2, 0) is 21.8 Å². The molecule has 0 unspecified atom stereocenters. The van der Waals surface area contributed by atoms with Crippen molar-refractivity contribution in [3.8, 4) is 0 Å². The predicted octanol–water partition coefficient (Wildman–Crippen LogP) is -2.22. The van der Waals surface area contributed by atoms with Crippen molar-refractivity contribution in [3.63, 3.8) is 0 Å². The van der Waals surface area contributed by atoms with Gasteiger partial charge in [0.15, 0.2) is 17.4 Å². The van der Waals surface area contributed by atoms with E-state index in [9.17, 15) is 0 Å². The topological polar surface area (TPSA) is 17.1 Å². The summed E-state index contributed by atoms with van der Waals surface area (Å²) < 4.78 is 8.38. The van der Waals surface area contributed by atoms with Gasteiger partial charge in [-0.05, 0) is 0 Å². The molecule has 0 aromatic rings. The zero-order valence-corrected chi connectivity index (χ0v) is 4.08. The minimum atomic E-state index is 0. The quantitative estimate of drug-likeness (QED) is 0.346. The molecule has 0 fully saturated rings. The summed E-state index contributed by atoms with van der Waals surface area (Å²) in [5.41, 5.74) is 0. The van der Waals surface area contributed by atoms with E-state index in [0.29, 0.717) is 0 Å². The van der Waals surface area contributed by atoms with E-state index in [4.69, 9.17) is 3.57 Å². The van der Waals surface area contributed by atoms with Gasteiger partial charge in [0.2, 0.25) is 0 Å². The summed E-state index contributed by atoms with van der Waals surface area (Å²) in [5, 5.41) is 0. The van der Waals surface area contributed by atoms with Crippen LogP contribution < -0.4 is 0 Å². The second-order valence-corrected chi connectivity index (χ2v) is 0. The van der Waals surface area contributed by atoms with Crippen molar-refractivity contribution in [1.29, 1.82) is 0 Å². The molecular weight excluding hydrogens is 133 g/mol. The van der Waals surface area contributed by atoms with Gasteiger partial charge in [0.1, 0.15) is 0 Å². The molecule has 0 aliphatic carbocycles. The van der Waals surface area contributed by atoms with E-state index in [0.717, 1.165) is 0 Å². The summed E-state index contributed by atoms with van der Waals surface area (Å²) in [4.78, 5) is 0. The van der Waals surface area contributed by atoms with Gasteiger partial charge in [0.25, 0.3) is 0 Å². The van der Waals surface area contributed by atoms with Gasteiger partial charge >= 0.3 is 44.9 Å². The standard InChI is InChI=1S/Al.Mg.O.Zn.5H. The average Bonchev–Trinajstić information content (AvgIpc) is 1.00. The van der Waals surface area contributed by atoms with E-state index in [1.54, 1.807) is 0 Å². The van der Waals surface area contributed by atoms with Crippen LogP contribution in [0.4, 0.5) is 0 Å². The van der Waals surface area contributed by atoms with Gasteiger partial charge in [-0.25, -0.2) is 0 Å². The van der Waals surface area contributed by atoms with Crippen molar-refractivity contribution in [2.75, 3.05) is 0 Å². The van der Waals surface area contributed by atoms with Crippen molar-refractivity contribution in [3.05, 3.63) is 0 Å². The van der Waals surface area contributed by atoms with E-state index in [2.05, 4.69) is 0 Å². The van der Waals surface area contributed by atoms with Crippen LogP contribution in [0.2, 0.25) is 0 Å². The van der Waals surface area contributed by atoms with Crippen molar-refractivity contribution in [2.45, 2.75) is 0 Å². The van der Waals surface area contributed by atoms with E-state index in [1.807, 2.05) is 0 Å². The molecule has 0 aromatic carbocycles. The molecule has 1 nitrogen and oxygen atoms in total. The van der Waals surface area contributed by atoms with Crippen LogP contribution in [0.25, 0.3) is 0 Å². The van der Waals surface area contributed by atoms with E-state index < -0.39 is 0 Å². The number of hydrogen-bond donors (Lipinski definition) is 0. The van der Waals surface area contributed by atoms with E-state index >= 15 is 0 Å². The van der Waals surface area contributed by atoms with Gasteiger partial charge in [0.05, 0.1) is 0 Å². The molecule has 0 aromatic heterocycles. The minimum absolute atomic E-state index is 0. The maximum atomic E-state index is 8.38. The van der Waals surface area contributed by atoms with E-state index in [1.165, 1.54) is 0 Å². The van der Waals surface area contributed by atoms with Crippen LogP contribution in [-0.4, -0.2) is 40.4 Å². The first kappa shape index (κ1) is 17.2. The molecule has 0 spiro atoms. The first-order chi connectivity index (χ1) is 1.00. The van der Waals surface area contributed by atoms with Gasteiger partial charge in [-0.15, -0.1) is 0 Å². The van der Waals surface area contributed by atoms with Crippen molar-refractivity contribution in [1.82, 2.24) is 0 Å². The Balaban J connectivity index is -0.00000000500. The molecule has 0 saturated carbocycles. The summed E-state index contributed by atoms with van der Waals surface area (Å²) in [7, 11) is 0. The molecule has 0 N–H and O–H groups in total. The molecule has 0 aliphatic heterocycles. The Morgan fingerprint density at radius 2 is 1.25 bits per heavy atom. The van der Waals surface area contributed by atoms with Crippen molar-refractivity contribution in [2.24, 2.45) is 0 Å². The van der Waals surface area contributed by atoms with Crippen molar-refractivity contribution >= 4 is 40.4 Å². The van der Waals surface area contributed by atoms with Crippen LogP contribution in [0.1, 0.15) is 0 Å². The Labute approximate surface area is 61.7 Å². The Morgan fingerprint density at radius 3 is 1.25 bits per heavy atom. The molecule has 18 valence electrons. The number of rotatable bonds is 0. The van der Waals surface area contributed by atoms with Gasteiger partial charge in [-0.3, -0.25) is 0 Å². The SMILES string of the molecule is [AlH3].[MgH2].[O]=[Zn]. The average molecular weight is 138 g/mol. The Hall–Kier alpha value is 1.72. The second-order valence-electron chi connectivity index (χ2n) is 0. The first-order valence-electron chi connectivity index (χ1n) is 0.289. The van der Waals surface area contributed by atoms with Crippen LogP contribution in [0.5, 0.6) is 0 Å². The zero-order valence-electron chi connectivity index (χ0n) is 1.12. The van der Waals surface area contributed by atoms with Gasteiger partial charge in [-0.1, -0.05) is 0 Å². The molecule has 0 atom stereocenters. The summed E-state index contributed by atoms with van der Waals surface area (Å²) in [6, 6.07) is 0. The third kappa shape index (κ3) is 9.30. The summed E-state index contributed by atoms with van der Waals surface area (Å²) in [5.74, 6) is 0. The molecule has 0 radical (unpaired) electrons. The summed E-state index contributed by atoms with van der Waals surface area (Å²) in [6.45, 7) is 0. The summed E-state index contributed by atoms with van der Waals surface area (Å²) >= 11 is 0.125. The molecule has 0 rings (SSSR count). The fraction of sp³-hybridized carbons (Fsp3) is 0. The molecule has 0 bridgehead atoms. The first-order valence-corrected chi connectivity index (χ1v) is 1.50. The van der Waals surface area contributed by atoms with E-state index in [-0.39, 0.29) is 58.7 Å². The molecule has 0 aliphatic rings. The molecule has 4 heteroatoms. The van der Waals surface area contributed by atoms with Gasteiger partial charge < -0.3 is 0 Å². The third-order valence-corrected chi connectivity index (χ3v) is 0. The molecule has 0 heterocycles. The fourth-order valence-corrected chi connectivity index (χ4v) is 0. The van der Waals surface area contributed by atoms with Crippen LogP contribution >= 0.6 is 0 Å².